The van der Waals surface area contributed by atoms with E-state index in [4.69, 9.17) is 14.6 Å². The highest BCUT2D eigenvalue weighted by Crippen LogP contribution is 2.45. The zero-order valence-electron chi connectivity index (χ0n) is 15.0. The molecule has 1 heterocycles. The summed E-state index contributed by atoms with van der Waals surface area (Å²) in [5.74, 6) is 0.315. The van der Waals surface area contributed by atoms with Crippen molar-refractivity contribution in [2.24, 2.45) is 11.3 Å². The highest BCUT2D eigenvalue weighted by atomic mass is 16.7. The third-order valence-corrected chi connectivity index (χ3v) is 5.10. The summed E-state index contributed by atoms with van der Waals surface area (Å²) in [6, 6.07) is 0. The lowest BCUT2D eigenvalue weighted by Gasteiger charge is -2.41. The van der Waals surface area contributed by atoms with Crippen LogP contribution in [0.3, 0.4) is 0 Å². The summed E-state index contributed by atoms with van der Waals surface area (Å²) >= 11 is 0. The monoisotopic (exact) mass is 327 g/mol. The van der Waals surface area contributed by atoms with E-state index < -0.39 is 11.9 Å². The number of ether oxygens (including phenoxy) is 2. The summed E-state index contributed by atoms with van der Waals surface area (Å²) < 4.78 is 12.3. The van der Waals surface area contributed by atoms with Gasteiger partial charge >= 0.3 is 0 Å². The second kappa shape index (κ2) is 7.41. The Balaban J connectivity index is 1.86. The zero-order chi connectivity index (χ0) is 17.1. The molecule has 134 valence electrons. The van der Waals surface area contributed by atoms with Crippen molar-refractivity contribution in [3.05, 3.63) is 12.5 Å². The van der Waals surface area contributed by atoms with Gasteiger partial charge in [0.1, 0.15) is 6.10 Å². The van der Waals surface area contributed by atoms with Crippen LogP contribution in [0.25, 0.3) is 0 Å². The first-order valence-corrected chi connectivity index (χ1v) is 8.79. The first-order chi connectivity index (χ1) is 10.7. The third-order valence-electron chi connectivity index (χ3n) is 5.10. The molecule has 5 nitrogen and oxygen atoms in total. The standard InChI is InChI=1S/C18H33NO4/c1-14(21)11-19(9-10-20)12-16-13-22-18(23-16)7-5-15(6-8-18)17(2,3)4/h9-10,14-16,20-21H,5-8,11-13H2,1-4H3/b10-9+. The van der Waals surface area contributed by atoms with Crippen molar-refractivity contribution in [1.29, 1.82) is 0 Å². The van der Waals surface area contributed by atoms with Gasteiger partial charge in [0.25, 0.3) is 0 Å². The van der Waals surface area contributed by atoms with Gasteiger partial charge in [0.05, 0.1) is 19.0 Å². The van der Waals surface area contributed by atoms with Crippen molar-refractivity contribution in [2.45, 2.75) is 71.4 Å². The van der Waals surface area contributed by atoms with E-state index in [1.165, 1.54) is 0 Å². The lowest BCUT2D eigenvalue weighted by Crippen LogP contribution is -2.40. The van der Waals surface area contributed by atoms with Crippen molar-refractivity contribution in [1.82, 2.24) is 4.90 Å². The van der Waals surface area contributed by atoms with Crippen LogP contribution in [0.2, 0.25) is 0 Å². The minimum absolute atomic E-state index is 0.0175. The van der Waals surface area contributed by atoms with Crippen LogP contribution in [-0.2, 0) is 9.47 Å². The van der Waals surface area contributed by atoms with Crippen LogP contribution in [0.15, 0.2) is 12.5 Å². The highest BCUT2D eigenvalue weighted by Gasteiger charge is 2.46. The van der Waals surface area contributed by atoms with Gasteiger partial charge in [-0.1, -0.05) is 20.8 Å². The van der Waals surface area contributed by atoms with Crippen molar-refractivity contribution in [3.8, 4) is 0 Å². The van der Waals surface area contributed by atoms with E-state index in [0.717, 1.165) is 37.9 Å². The van der Waals surface area contributed by atoms with Crippen molar-refractivity contribution in [2.75, 3.05) is 19.7 Å². The minimum Gasteiger partial charge on any atom is -0.514 e. The molecule has 0 radical (unpaired) electrons. The first-order valence-electron chi connectivity index (χ1n) is 8.79. The molecule has 2 atom stereocenters. The number of aliphatic hydroxyl groups is 2. The molecule has 23 heavy (non-hydrogen) atoms. The molecule has 0 aromatic heterocycles. The fourth-order valence-corrected chi connectivity index (χ4v) is 3.78. The van der Waals surface area contributed by atoms with Crippen LogP contribution >= 0.6 is 0 Å². The molecule has 0 bridgehead atoms. The average molecular weight is 327 g/mol. The van der Waals surface area contributed by atoms with Gasteiger partial charge in [-0.15, -0.1) is 0 Å². The second-order valence-electron chi connectivity index (χ2n) is 8.20. The van der Waals surface area contributed by atoms with E-state index in [-0.39, 0.29) is 6.10 Å². The summed E-state index contributed by atoms with van der Waals surface area (Å²) in [4.78, 5) is 1.87. The zero-order valence-corrected chi connectivity index (χ0v) is 15.0. The van der Waals surface area contributed by atoms with E-state index in [1.54, 1.807) is 13.1 Å². The number of rotatable bonds is 5. The van der Waals surface area contributed by atoms with Gasteiger partial charge < -0.3 is 24.6 Å². The highest BCUT2D eigenvalue weighted by molar-refractivity contribution is 4.90. The molecule has 1 aliphatic carbocycles. The summed E-state index contributed by atoms with van der Waals surface area (Å²) in [6.07, 6.45) is 6.31. The molecule has 0 aromatic rings. The summed E-state index contributed by atoms with van der Waals surface area (Å²) in [5, 5.41) is 18.5. The largest absolute Gasteiger partial charge is 0.514 e. The molecular weight excluding hydrogens is 294 g/mol. The Morgan fingerprint density at radius 2 is 1.96 bits per heavy atom. The first kappa shape index (κ1) is 18.6. The fourth-order valence-electron chi connectivity index (χ4n) is 3.78. The summed E-state index contributed by atoms with van der Waals surface area (Å²) in [7, 11) is 0. The fraction of sp³-hybridized carbons (Fsp3) is 0.889. The van der Waals surface area contributed by atoms with Crippen LogP contribution in [0.1, 0.15) is 53.4 Å². The summed E-state index contributed by atoms with van der Waals surface area (Å²) in [6.45, 7) is 10.3. The van der Waals surface area contributed by atoms with Crippen molar-refractivity contribution < 1.29 is 19.7 Å². The van der Waals surface area contributed by atoms with Gasteiger partial charge in [-0.3, -0.25) is 0 Å². The van der Waals surface area contributed by atoms with Crippen LogP contribution in [0.4, 0.5) is 0 Å². The Kier molecular flexibility index (Phi) is 5.98. The molecule has 2 fully saturated rings. The molecule has 1 saturated carbocycles. The molecular formula is C18H33NO4. The number of nitrogens with zero attached hydrogens (tertiary/aromatic N) is 1. The van der Waals surface area contributed by atoms with E-state index in [2.05, 4.69) is 20.8 Å². The molecule has 1 aliphatic heterocycles. The average Bonchev–Trinajstić information content (AvgIpc) is 2.80. The van der Waals surface area contributed by atoms with Crippen LogP contribution in [0.5, 0.6) is 0 Å². The molecule has 2 N–H and O–H groups in total. The number of hydrogen-bond acceptors (Lipinski definition) is 5. The molecule has 0 amide bonds. The van der Waals surface area contributed by atoms with E-state index in [0.29, 0.717) is 25.1 Å². The summed E-state index contributed by atoms with van der Waals surface area (Å²) in [5.41, 5.74) is 0.347. The predicted octanol–water partition coefficient (Wildman–Crippen LogP) is 3.05. The Hall–Kier alpha value is -0.780. The maximum Gasteiger partial charge on any atom is 0.169 e. The van der Waals surface area contributed by atoms with Crippen molar-refractivity contribution >= 4 is 0 Å². The van der Waals surface area contributed by atoms with Gasteiger partial charge in [0, 0.05) is 32.1 Å². The maximum absolute atomic E-state index is 9.54. The quantitative estimate of drug-likeness (QED) is 0.760. The van der Waals surface area contributed by atoms with Gasteiger partial charge in [-0.05, 0) is 31.1 Å². The Morgan fingerprint density at radius 3 is 2.48 bits per heavy atom. The maximum atomic E-state index is 9.54. The van der Waals surface area contributed by atoms with E-state index in [9.17, 15) is 5.11 Å². The molecule has 1 spiro atoms. The normalized spacial score (nSPS) is 33.4. The van der Waals surface area contributed by atoms with Gasteiger partial charge in [0.2, 0.25) is 0 Å². The van der Waals surface area contributed by atoms with Gasteiger partial charge in [-0.2, -0.15) is 0 Å². The van der Waals surface area contributed by atoms with Crippen LogP contribution < -0.4 is 0 Å². The smallest absolute Gasteiger partial charge is 0.169 e. The van der Waals surface area contributed by atoms with Gasteiger partial charge in [0.15, 0.2) is 5.79 Å². The Labute approximate surface area is 140 Å². The molecule has 2 rings (SSSR count). The molecule has 1 saturated heterocycles. The molecule has 2 aliphatic rings. The van der Waals surface area contributed by atoms with E-state index in [1.807, 2.05) is 4.90 Å². The molecule has 0 aromatic carbocycles. The molecule has 5 heteroatoms. The third kappa shape index (κ3) is 5.10. The number of hydrogen-bond donors (Lipinski definition) is 2. The predicted molar refractivity (Wildman–Crippen MR) is 90.0 cm³/mol. The minimum atomic E-state index is -0.454. The molecule has 2 unspecified atom stereocenters. The Bertz CT molecular complexity index is 394. The SMILES string of the molecule is CC(O)CN(/C=C/O)CC1COC2(CCC(C(C)(C)C)CC2)O1. The van der Waals surface area contributed by atoms with Crippen LogP contribution in [-0.4, -0.2) is 52.8 Å². The number of aliphatic hydroxyl groups excluding tert-OH is 2. The lowest BCUT2D eigenvalue weighted by molar-refractivity contribution is -0.197. The van der Waals surface area contributed by atoms with Crippen LogP contribution in [0, 0.1) is 11.3 Å². The topological polar surface area (TPSA) is 62.2 Å². The lowest BCUT2D eigenvalue weighted by atomic mass is 9.71. The second-order valence-corrected chi connectivity index (χ2v) is 8.20. The van der Waals surface area contributed by atoms with Crippen molar-refractivity contribution in [3.63, 3.8) is 0 Å². The Morgan fingerprint density at radius 1 is 1.30 bits per heavy atom. The van der Waals surface area contributed by atoms with E-state index >= 15 is 0 Å². The van der Waals surface area contributed by atoms with Gasteiger partial charge in [-0.25, -0.2) is 0 Å².